The highest BCUT2D eigenvalue weighted by molar-refractivity contribution is 8.03. The lowest BCUT2D eigenvalue weighted by molar-refractivity contribution is 0.0987. The molecule has 4 atom stereocenters. The van der Waals surface area contributed by atoms with Gasteiger partial charge in [0.25, 0.3) is 0 Å². The van der Waals surface area contributed by atoms with Gasteiger partial charge < -0.3 is 10.5 Å². The van der Waals surface area contributed by atoms with Gasteiger partial charge in [-0.2, -0.15) is 0 Å². The second kappa shape index (κ2) is 8.51. The third-order valence-electron chi connectivity index (χ3n) is 6.95. The van der Waals surface area contributed by atoms with E-state index >= 15 is 4.39 Å². The number of halogens is 1. The summed E-state index contributed by atoms with van der Waals surface area (Å²) >= 11 is 0. The van der Waals surface area contributed by atoms with Gasteiger partial charge >= 0.3 is 0 Å². The first kappa shape index (κ1) is 23.9. The standard InChI is InChI=1S/C25H27FN4O3S/c1-5-6-11-33-22-15-28-19(14-29-22)20(31)13-16-7-8-18(26)17(12-16)25(3)21-9-10-24(2,23(27)30-25)34(21,4)32/h7-8,12,14-15,21H,4,9-11,13H2,1-3H3,(H2,27,30)/t21-,24+,25+,34?/m0/s1. The van der Waals surface area contributed by atoms with E-state index in [0.29, 0.717) is 18.4 Å². The Bertz CT molecular complexity index is 1340. The summed E-state index contributed by atoms with van der Waals surface area (Å²) in [5, 5.41) is -0.450. The number of ether oxygens (including phenoxy) is 1. The van der Waals surface area contributed by atoms with Gasteiger partial charge in [0.05, 0.1) is 22.4 Å². The van der Waals surface area contributed by atoms with Crippen LogP contribution in [0.5, 0.6) is 5.88 Å². The molecule has 2 N–H and O–H groups in total. The van der Waals surface area contributed by atoms with E-state index in [1.165, 1.54) is 18.5 Å². The Balaban J connectivity index is 1.61. The Hall–Kier alpha value is -3.25. The maximum Gasteiger partial charge on any atom is 0.233 e. The summed E-state index contributed by atoms with van der Waals surface area (Å²) in [7, 11) is -2.67. The Morgan fingerprint density at radius 3 is 2.79 bits per heavy atom. The molecule has 178 valence electrons. The molecule has 1 saturated heterocycles. The van der Waals surface area contributed by atoms with E-state index in [1.54, 1.807) is 26.0 Å². The molecule has 2 aliphatic heterocycles. The van der Waals surface area contributed by atoms with Crippen molar-refractivity contribution in [2.45, 2.75) is 55.6 Å². The molecule has 3 heterocycles. The summed E-state index contributed by atoms with van der Waals surface area (Å²) in [6.45, 7) is 5.45. The molecule has 2 aliphatic rings. The van der Waals surface area contributed by atoms with E-state index in [0.717, 1.165) is 0 Å². The summed E-state index contributed by atoms with van der Waals surface area (Å²) in [6.07, 6.45) is 3.86. The van der Waals surface area contributed by atoms with E-state index in [1.807, 2.05) is 6.92 Å². The molecule has 0 saturated carbocycles. The van der Waals surface area contributed by atoms with Gasteiger partial charge in [0.2, 0.25) is 5.88 Å². The topological polar surface area (TPSA) is 108 Å². The van der Waals surface area contributed by atoms with Crippen LogP contribution in [0.3, 0.4) is 0 Å². The Labute approximate surface area is 199 Å². The number of hydrogen-bond donors (Lipinski definition) is 1. The Kier molecular flexibility index (Phi) is 5.98. The van der Waals surface area contributed by atoms with Crippen molar-refractivity contribution in [3.63, 3.8) is 0 Å². The van der Waals surface area contributed by atoms with Crippen LogP contribution in [0.15, 0.2) is 35.6 Å². The van der Waals surface area contributed by atoms with Crippen LogP contribution >= 0.6 is 0 Å². The zero-order chi connectivity index (χ0) is 24.7. The fourth-order valence-electron chi connectivity index (χ4n) is 4.78. The summed E-state index contributed by atoms with van der Waals surface area (Å²) in [5.74, 6) is 9.22. The molecule has 7 nitrogen and oxygen atoms in total. The molecular weight excluding hydrogens is 455 g/mol. The minimum Gasteiger partial charge on any atom is -0.463 e. The number of amidine groups is 1. The van der Waals surface area contributed by atoms with Crippen molar-refractivity contribution in [2.24, 2.45) is 10.7 Å². The zero-order valence-corrected chi connectivity index (χ0v) is 20.2. The quantitative estimate of drug-likeness (QED) is 0.385. The molecule has 1 aromatic heterocycles. The smallest absolute Gasteiger partial charge is 0.233 e. The number of carbonyl (C=O) groups is 1. The van der Waals surface area contributed by atoms with Crippen molar-refractivity contribution >= 4 is 27.0 Å². The van der Waals surface area contributed by atoms with Crippen LogP contribution in [0, 0.1) is 17.7 Å². The number of nitrogens with two attached hydrogens (primary N) is 1. The predicted octanol–water partition coefficient (Wildman–Crippen LogP) is 2.67. The highest BCUT2D eigenvalue weighted by Crippen LogP contribution is 2.51. The fourth-order valence-corrected chi connectivity index (χ4v) is 7.69. The number of hydrogen-bond acceptors (Lipinski definition) is 7. The number of ketones is 1. The lowest BCUT2D eigenvalue weighted by Gasteiger charge is -2.42. The summed E-state index contributed by atoms with van der Waals surface area (Å²) in [4.78, 5) is 25.7. The van der Waals surface area contributed by atoms with Gasteiger partial charge in [0, 0.05) is 12.0 Å². The molecule has 1 unspecified atom stereocenters. The van der Waals surface area contributed by atoms with E-state index in [-0.39, 0.29) is 41.8 Å². The van der Waals surface area contributed by atoms with Crippen LogP contribution in [0.25, 0.3) is 0 Å². The Morgan fingerprint density at radius 1 is 1.35 bits per heavy atom. The third kappa shape index (κ3) is 3.76. The van der Waals surface area contributed by atoms with E-state index in [2.05, 4.69) is 32.7 Å². The minimum absolute atomic E-state index is 0.0130. The van der Waals surface area contributed by atoms with Crippen LogP contribution in [0.1, 0.15) is 55.2 Å². The van der Waals surface area contributed by atoms with Crippen molar-refractivity contribution in [2.75, 3.05) is 6.61 Å². The average molecular weight is 483 g/mol. The highest BCUT2D eigenvalue weighted by atomic mass is 32.2. The molecule has 2 bridgehead atoms. The molecule has 0 radical (unpaired) electrons. The van der Waals surface area contributed by atoms with Crippen molar-refractivity contribution in [3.8, 4) is 17.7 Å². The van der Waals surface area contributed by atoms with Gasteiger partial charge in [0.15, 0.2) is 12.4 Å². The number of carbonyl (C=O) groups excluding carboxylic acids is 1. The number of fused-ring (bicyclic) bond motifs is 2. The van der Waals surface area contributed by atoms with Crippen molar-refractivity contribution in [3.05, 3.63) is 53.2 Å². The van der Waals surface area contributed by atoms with Crippen LogP contribution in [-0.4, -0.2) is 48.3 Å². The van der Waals surface area contributed by atoms with Crippen molar-refractivity contribution in [1.29, 1.82) is 0 Å². The predicted molar refractivity (Wildman–Crippen MR) is 131 cm³/mol. The first-order chi connectivity index (χ1) is 16.0. The summed E-state index contributed by atoms with van der Waals surface area (Å²) < 4.78 is 33.2. The number of aromatic nitrogens is 2. The largest absolute Gasteiger partial charge is 0.463 e. The van der Waals surface area contributed by atoms with Gasteiger partial charge in [-0.25, -0.2) is 14.4 Å². The SMILES string of the molecule is C=S1(=O)[C@H]2CC[C@]1(C)C(N)=N[C@]2(C)c1cc(CC(=O)c2cnc(OCC#CC)cn2)ccc1F. The van der Waals surface area contributed by atoms with Gasteiger partial charge in [0.1, 0.15) is 22.9 Å². The number of aliphatic imine (C=N–C) groups is 1. The molecular formula is C25H27FN4O3S. The van der Waals surface area contributed by atoms with Crippen molar-refractivity contribution < 1.29 is 18.1 Å². The number of rotatable bonds is 6. The molecule has 1 fully saturated rings. The maximum atomic E-state index is 15.1. The molecule has 0 amide bonds. The number of Topliss-reactive ketones (excluding diaryl/α,β-unsaturated/α-hetero) is 1. The fraction of sp³-hybridized carbons (Fsp3) is 0.400. The van der Waals surface area contributed by atoms with Crippen LogP contribution in [0.2, 0.25) is 0 Å². The van der Waals surface area contributed by atoms with Crippen LogP contribution in [-0.2, 0) is 21.5 Å². The Morgan fingerprint density at radius 2 is 2.12 bits per heavy atom. The molecule has 4 rings (SSSR count). The van der Waals surface area contributed by atoms with Crippen molar-refractivity contribution in [1.82, 2.24) is 9.97 Å². The monoisotopic (exact) mass is 482 g/mol. The van der Waals surface area contributed by atoms with E-state index in [4.69, 9.17) is 10.5 Å². The zero-order valence-electron chi connectivity index (χ0n) is 19.4. The number of nitrogens with zero attached hydrogens (tertiary/aromatic N) is 3. The molecule has 0 spiro atoms. The highest BCUT2D eigenvalue weighted by Gasteiger charge is 2.59. The summed E-state index contributed by atoms with van der Waals surface area (Å²) in [5.41, 5.74) is 6.13. The first-order valence-electron chi connectivity index (χ1n) is 10.9. The van der Waals surface area contributed by atoms with Gasteiger partial charge in [-0.15, -0.1) is 5.92 Å². The second-order valence-corrected chi connectivity index (χ2v) is 11.9. The van der Waals surface area contributed by atoms with E-state index in [9.17, 15) is 9.00 Å². The number of benzene rings is 1. The average Bonchev–Trinajstić information content (AvgIpc) is 2.98. The second-order valence-electron chi connectivity index (χ2n) is 9.00. The maximum absolute atomic E-state index is 15.1. The minimum atomic E-state index is -2.67. The van der Waals surface area contributed by atoms with Gasteiger partial charge in [-0.1, -0.05) is 12.0 Å². The molecule has 9 heteroatoms. The lowest BCUT2D eigenvalue weighted by Crippen LogP contribution is -2.55. The van der Waals surface area contributed by atoms with Gasteiger partial charge in [-0.3, -0.25) is 14.0 Å². The molecule has 34 heavy (non-hydrogen) atoms. The third-order valence-corrected chi connectivity index (χ3v) is 10.5. The normalized spacial score (nSPS) is 29.6. The van der Waals surface area contributed by atoms with Crippen LogP contribution < -0.4 is 10.5 Å². The molecule has 2 aromatic rings. The molecule has 1 aromatic carbocycles. The summed E-state index contributed by atoms with van der Waals surface area (Å²) in [6, 6.07) is 4.46. The first-order valence-corrected chi connectivity index (χ1v) is 12.7. The van der Waals surface area contributed by atoms with E-state index < -0.39 is 30.9 Å². The van der Waals surface area contributed by atoms with Crippen LogP contribution in [0.4, 0.5) is 4.39 Å². The lowest BCUT2D eigenvalue weighted by atomic mass is 9.85. The molecule has 0 aliphatic carbocycles. The van der Waals surface area contributed by atoms with Gasteiger partial charge in [-0.05, 0) is 66.7 Å².